The number of hydrogen-bond donors (Lipinski definition) is 1. The Bertz CT molecular complexity index is 719. The summed E-state index contributed by atoms with van der Waals surface area (Å²) < 4.78 is 0. The maximum atomic E-state index is 4.65. The van der Waals surface area contributed by atoms with Crippen LogP contribution in [0.25, 0.3) is 11.0 Å². The molecule has 3 rings (SSSR count). The Morgan fingerprint density at radius 1 is 1.15 bits per heavy atom. The molecule has 2 aromatic heterocycles. The largest absolute Gasteiger partial charge is 0.342 e. The number of H-pyrrole nitrogens is 1. The molecule has 2 heterocycles. The number of benzene rings is 1. The number of aryl methyl sites for hydroxylation is 3. The zero-order valence-corrected chi connectivity index (χ0v) is 12.9. The molecule has 0 atom stereocenters. The van der Waals surface area contributed by atoms with Crippen molar-refractivity contribution in [3.05, 3.63) is 34.1 Å². The number of hydrogen-bond acceptors (Lipinski definition) is 5. The Balaban J connectivity index is 1.87. The molecule has 0 aliphatic rings. The quantitative estimate of drug-likeness (QED) is 0.804. The van der Waals surface area contributed by atoms with Crippen LogP contribution in [-0.4, -0.2) is 27.2 Å². The average Bonchev–Trinajstić information content (AvgIpc) is 2.96. The van der Waals surface area contributed by atoms with Gasteiger partial charge in [0, 0.05) is 7.05 Å². The number of imidazole rings is 1. The van der Waals surface area contributed by atoms with Gasteiger partial charge in [0.15, 0.2) is 0 Å². The van der Waals surface area contributed by atoms with E-state index in [0.717, 1.165) is 27.0 Å². The molecule has 0 saturated carbocycles. The number of rotatable bonds is 3. The summed E-state index contributed by atoms with van der Waals surface area (Å²) in [6.07, 6.45) is 0. The molecule has 3 aromatic rings. The van der Waals surface area contributed by atoms with Gasteiger partial charge in [-0.2, -0.15) is 0 Å². The van der Waals surface area contributed by atoms with Crippen LogP contribution in [0.4, 0.5) is 5.13 Å². The second-order valence-electron chi connectivity index (χ2n) is 5.10. The van der Waals surface area contributed by atoms with Crippen LogP contribution in [0.1, 0.15) is 22.0 Å². The summed E-state index contributed by atoms with van der Waals surface area (Å²) in [7, 11) is 2.00. The molecule has 1 aromatic carbocycles. The molecule has 0 radical (unpaired) electrons. The fourth-order valence-corrected chi connectivity index (χ4v) is 2.78. The minimum absolute atomic E-state index is 0.696. The van der Waals surface area contributed by atoms with Crippen molar-refractivity contribution in [1.82, 2.24) is 20.2 Å². The number of nitrogens with one attached hydrogen (secondary N) is 1. The SMILES string of the molecule is Cc1nnc(N(C)Cc2nc3cc(C)c(C)cc3[nH]2)s1. The van der Waals surface area contributed by atoms with Gasteiger partial charge >= 0.3 is 0 Å². The zero-order valence-electron chi connectivity index (χ0n) is 12.1. The van der Waals surface area contributed by atoms with Crippen molar-refractivity contribution in [2.45, 2.75) is 27.3 Å². The fourth-order valence-electron chi connectivity index (χ4n) is 2.13. The normalized spacial score (nSPS) is 11.2. The highest BCUT2D eigenvalue weighted by atomic mass is 32.1. The molecule has 0 fully saturated rings. The predicted octanol–water partition coefficient (Wildman–Crippen LogP) is 2.98. The van der Waals surface area contributed by atoms with E-state index in [0.29, 0.717) is 6.54 Å². The molecule has 20 heavy (non-hydrogen) atoms. The van der Waals surface area contributed by atoms with Gasteiger partial charge in [-0.05, 0) is 44.0 Å². The Hall–Kier alpha value is -1.95. The van der Waals surface area contributed by atoms with E-state index in [-0.39, 0.29) is 0 Å². The number of aromatic nitrogens is 4. The third-order valence-electron chi connectivity index (χ3n) is 3.38. The molecule has 5 nitrogen and oxygen atoms in total. The molecule has 0 spiro atoms. The van der Waals surface area contributed by atoms with Crippen molar-refractivity contribution in [2.24, 2.45) is 0 Å². The molecule has 1 N–H and O–H groups in total. The summed E-state index contributed by atoms with van der Waals surface area (Å²) in [4.78, 5) is 10.1. The van der Waals surface area contributed by atoms with Crippen molar-refractivity contribution in [3.63, 3.8) is 0 Å². The van der Waals surface area contributed by atoms with E-state index in [1.165, 1.54) is 11.1 Å². The van der Waals surface area contributed by atoms with Crippen molar-refractivity contribution in [3.8, 4) is 0 Å². The Labute approximate surface area is 121 Å². The summed E-state index contributed by atoms with van der Waals surface area (Å²) in [5.74, 6) is 0.945. The van der Waals surface area contributed by atoms with Crippen LogP contribution in [0.2, 0.25) is 0 Å². The van der Waals surface area contributed by atoms with Crippen molar-refractivity contribution in [1.29, 1.82) is 0 Å². The minimum atomic E-state index is 0.696. The van der Waals surface area contributed by atoms with Gasteiger partial charge in [0.2, 0.25) is 5.13 Å². The van der Waals surface area contributed by atoms with Gasteiger partial charge in [-0.25, -0.2) is 4.98 Å². The highest BCUT2D eigenvalue weighted by Crippen LogP contribution is 2.21. The third kappa shape index (κ3) is 2.38. The zero-order chi connectivity index (χ0) is 14.3. The third-order valence-corrected chi connectivity index (χ3v) is 4.33. The van der Waals surface area contributed by atoms with E-state index in [1.54, 1.807) is 11.3 Å². The van der Waals surface area contributed by atoms with E-state index in [2.05, 4.69) is 51.0 Å². The smallest absolute Gasteiger partial charge is 0.208 e. The van der Waals surface area contributed by atoms with Gasteiger partial charge in [-0.15, -0.1) is 10.2 Å². The van der Waals surface area contributed by atoms with E-state index < -0.39 is 0 Å². The van der Waals surface area contributed by atoms with Crippen molar-refractivity contribution in [2.75, 3.05) is 11.9 Å². The van der Waals surface area contributed by atoms with E-state index >= 15 is 0 Å². The standard InChI is InChI=1S/C14H17N5S/c1-8-5-11-12(6-9(8)2)16-13(15-11)7-19(4)14-18-17-10(3)20-14/h5-6H,7H2,1-4H3,(H,15,16). The molecule has 6 heteroatoms. The van der Waals surface area contributed by atoms with Crippen LogP contribution in [-0.2, 0) is 6.54 Å². The summed E-state index contributed by atoms with van der Waals surface area (Å²) in [6, 6.07) is 4.27. The molecule has 0 saturated heterocycles. The van der Waals surface area contributed by atoms with Gasteiger partial charge in [-0.3, -0.25) is 0 Å². The lowest BCUT2D eigenvalue weighted by atomic mass is 10.1. The monoisotopic (exact) mass is 287 g/mol. The summed E-state index contributed by atoms with van der Waals surface area (Å²) in [5, 5.41) is 10.1. The fraction of sp³-hybridized carbons (Fsp3) is 0.357. The van der Waals surface area contributed by atoms with Crippen LogP contribution in [0.3, 0.4) is 0 Å². The number of aromatic amines is 1. The number of fused-ring (bicyclic) bond motifs is 1. The van der Waals surface area contributed by atoms with E-state index in [4.69, 9.17) is 0 Å². The summed E-state index contributed by atoms with van der Waals surface area (Å²) in [6.45, 7) is 6.88. The maximum absolute atomic E-state index is 4.65. The highest BCUT2D eigenvalue weighted by molar-refractivity contribution is 7.15. The summed E-state index contributed by atoms with van der Waals surface area (Å²) >= 11 is 1.59. The lowest BCUT2D eigenvalue weighted by molar-refractivity contribution is 0.846. The Morgan fingerprint density at radius 3 is 2.60 bits per heavy atom. The van der Waals surface area contributed by atoms with Gasteiger partial charge in [0.05, 0.1) is 17.6 Å². The second-order valence-corrected chi connectivity index (χ2v) is 6.26. The molecular formula is C14H17N5S. The molecule has 104 valence electrons. The maximum Gasteiger partial charge on any atom is 0.208 e. The van der Waals surface area contributed by atoms with Gasteiger partial charge in [-0.1, -0.05) is 11.3 Å². The van der Waals surface area contributed by atoms with Gasteiger partial charge in [0.25, 0.3) is 0 Å². The first-order chi connectivity index (χ1) is 9.52. The minimum Gasteiger partial charge on any atom is -0.342 e. The van der Waals surface area contributed by atoms with Crippen LogP contribution >= 0.6 is 11.3 Å². The highest BCUT2D eigenvalue weighted by Gasteiger charge is 2.10. The lowest BCUT2D eigenvalue weighted by Gasteiger charge is -2.12. The summed E-state index contributed by atoms with van der Waals surface area (Å²) in [5.41, 5.74) is 4.65. The second kappa shape index (κ2) is 4.86. The first kappa shape index (κ1) is 13.1. The average molecular weight is 287 g/mol. The van der Waals surface area contributed by atoms with Gasteiger partial charge in [0.1, 0.15) is 10.8 Å². The van der Waals surface area contributed by atoms with Gasteiger partial charge < -0.3 is 9.88 Å². The first-order valence-corrected chi connectivity index (χ1v) is 7.31. The first-order valence-electron chi connectivity index (χ1n) is 6.50. The van der Waals surface area contributed by atoms with Crippen molar-refractivity contribution >= 4 is 27.5 Å². The van der Waals surface area contributed by atoms with E-state index in [9.17, 15) is 0 Å². The topological polar surface area (TPSA) is 57.7 Å². The van der Waals surface area contributed by atoms with Crippen LogP contribution in [0.15, 0.2) is 12.1 Å². The van der Waals surface area contributed by atoms with Crippen LogP contribution in [0.5, 0.6) is 0 Å². The van der Waals surface area contributed by atoms with Crippen LogP contribution < -0.4 is 4.90 Å². The molecule has 0 aliphatic carbocycles. The molecule has 0 bridgehead atoms. The van der Waals surface area contributed by atoms with Crippen LogP contribution in [0, 0.1) is 20.8 Å². The molecule has 0 amide bonds. The lowest BCUT2D eigenvalue weighted by Crippen LogP contribution is -2.17. The molecular weight excluding hydrogens is 270 g/mol. The van der Waals surface area contributed by atoms with E-state index in [1.807, 2.05) is 14.0 Å². The predicted molar refractivity (Wildman–Crippen MR) is 82.3 cm³/mol. The van der Waals surface area contributed by atoms with Crippen molar-refractivity contribution < 1.29 is 0 Å². The number of nitrogens with zero attached hydrogens (tertiary/aromatic N) is 4. The molecule has 0 unspecified atom stereocenters. The Kier molecular flexibility index (Phi) is 3.17. The Morgan fingerprint density at radius 2 is 1.90 bits per heavy atom. The number of anilines is 1. The molecule has 0 aliphatic heterocycles.